The SMILES string of the molecule is COc1cc2ncn(CCCC(=O)Nc3cccc(CN4CCCC4C(N)=O)c3)c(=O)c2cc1OC. The molecule has 4 rings (SSSR count). The van der Waals surface area contributed by atoms with E-state index < -0.39 is 0 Å². The fourth-order valence-electron chi connectivity index (χ4n) is 4.60. The Kier molecular flexibility index (Phi) is 7.84. The predicted octanol–water partition coefficient (Wildman–Crippen LogP) is 2.28. The van der Waals surface area contributed by atoms with Crippen molar-refractivity contribution >= 4 is 28.4 Å². The summed E-state index contributed by atoms with van der Waals surface area (Å²) in [5.41, 5.74) is 7.52. The lowest BCUT2D eigenvalue weighted by Gasteiger charge is -2.22. The normalized spacial score (nSPS) is 15.7. The van der Waals surface area contributed by atoms with E-state index in [0.717, 1.165) is 24.9 Å². The Labute approximate surface area is 209 Å². The minimum Gasteiger partial charge on any atom is -0.493 e. The molecule has 0 spiro atoms. The number of amides is 2. The third-order valence-electron chi connectivity index (χ3n) is 6.42. The minimum absolute atomic E-state index is 0.142. The number of nitrogens with one attached hydrogen (secondary N) is 1. The number of likely N-dealkylation sites (tertiary alicyclic amines) is 1. The van der Waals surface area contributed by atoms with Crippen molar-refractivity contribution in [3.63, 3.8) is 0 Å². The largest absolute Gasteiger partial charge is 0.493 e. The van der Waals surface area contributed by atoms with Gasteiger partial charge in [0.05, 0.1) is 37.5 Å². The lowest BCUT2D eigenvalue weighted by Crippen LogP contribution is -2.39. The molecular weight excluding hydrogens is 462 g/mol. The molecule has 10 nitrogen and oxygen atoms in total. The van der Waals surface area contributed by atoms with Gasteiger partial charge in [0.1, 0.15) is 0 Å². The van der Waals surface area contributed by atoms with Crippen LogP contribution in [0.1, 0.15) is 31.2 Å². The Hall–Kier alpha value is -3.92. The summed E-state index contributed by atoms with van der Waals surface area (Å²) >= 11 is 0. The van der Waals surface area contributed by atoms with E-state index in [9.17, 15) is 14.4 Å². The number of ether oxygens (including phenoxy) is 2. The van der Waals surface area contributed by atoms with Gasteiger partial charge in [-0.2, -0.15) is 0 Å². The monoisotopic (exact) mass is 493 g/mol. The van der Waals surface area contributed by atoms with E-state index in [0.29, 0.717) is 47.6 Å². The molecule has 190 valence electrons. The predicted molar refractivity (Wildman–Crippen MR) is 136 cm³/mol. The summed E-state index contributed by atoms with van der Waals surface area (Å²) in [6.45, 7) is 1.78. The second-order valence-electron chi connectivity index (χ2n) is 8.85. The quantitative estimate of drug-likeness (QED) is 0.443. The molecule has 3 N–H and O–H groups in total. The molecule has 2 amide bonds. The number of carbonyl (C=O) groups is 2. The number of nitrogens with zero attached hydrogens (tertiary/aromatic N) is 3. The van der Waals surface area contributed by atoms with Crippen molar-refractivity contribution in [2.75, 3.05) is 26.1 Å². The van der Waals surface area contributed by atoms with Gasteiger partial charge >= 0.3 is 0 Å². The zero-order valence-corrected chi connectivity index (χ0v) is 20.5. The van der Waals surface area contributed by atoms with Gasteiger partial charge in [-0.3, -0.25) is 23.9 Å². The second kappa shape index (κ2) is 11.2. The standard InChI is InChI=1S/C26H31N5O5/c1-35-22-13-19-20(14-23(22)36-2)28-16-31(26(19)34)11-5-9-24(32)29-18-7-3-6-17(12-18)15-30-10-4-8-21(30)25(27)33/h3,6-7,12-14,16,21H,4-5,8-11,15H2,1-2H3,(H2,27,33)(H,29,32). The number of carbonyl (C=O) groups excluding carboxylic acids is 2. The van der Waals surface area contributed by atoms with Crippen LogP contribution in [0.4, 0.5) is 5.69 Å². The maximum atomic E-state index is 12.9. The van der Waals surface area contributed by atoms with Crippen LogP contribution in [0.3, 0.4) is 0 Å². The van der Waals surface area contributed by atoms with Crippen LogP contribution < -0.4 is 26.1 Å². The Morgan fingerprint density at radius 1 is 1.17 bits per heavy atom. The average Bonchev–Trinajstić information content (AvgIpc) is 3.33. The van der Waals surface area contributed by atoms with E-state index in [1.165, 1.54) is 25.1 Å². The fourth-order valence-corrected chi connectivity index (χ4v) is 4.60. The molecule has 1 aromatic heterocycles. The Morgan fingerprint density at radius 3 is 2.69 bits per heavy atom. The van der Waals surface area contributed by atoms with Gasteiger partial charge in [-0.15, -0.1) is 0 Å². The maximum absolute atomic E-state index is 12.9. The highest BCUT2D eigenvalue weighted by molar-refractivity contribution is 5.90. The number of nitrogens with two attached hydrogens (primary N) is 1. The van der Waals surface area contributed by atoms with Gasteiger partial charge in [-0.05, 0) is 49.6 Å². The molecular formula is C26H31N5O5. The smallest absolute Gasteiger partial charge is 0.261 e. The van der Waals surface area contributed by atoms with Gasteiger partial charge in [0, 0.05) is 31.3 Å². The number of benzene rings is 2. The number of hydrogen-bond donors (Lipinski definition) is 2. The third-order valence-corrected chi connectivity index (χ3v) is 6.42. The van der Waals surface area contributed by atoms with E-state index in [1.807, 2.05) is 24.3 Å². The first-order valence-corrected chi connectivity index (χ1v) is 11.9. The topological polar surface area (TPSA) is 129 Å². The molecule has 10 heteroatoms. The molecule has 1 saturated heterocycles. The van der Waals surface area contributed by atoms with Crippen LogP contribution in [0.2, 0.25) is 0 Å². The minimum atomic E-state index is -0.295. The van der Waals surface area contributed by atoms with Crippen LogP contribution in [0, 0.1) is 0 Å². The molecule has 2 aromatic carbocycles. The summed E-state index contributed by atoms with van der Waals surface area (Å²) < 4.78 is 12.1. The first-order chi connectivity index (χ1) is 17.4. The van der Waals surface area contributed by atoms with Crippen molar-refractivity contribution in [2.24, 2.45) is 5.73 Å². The molecule has 1 fully saturated rings. The van der Waals surface area contributed by atoms with Gasteiger partial charge < -0.3 is 20.5 Å². The molecule has 1 unspecified atom stereocenters. The molecule has 0 saturated carbocycles. The number of aryl methyl sites for hydroxylation is 1. The van der Waals surface area contributed by atoms with E-state index in [1.54, 1.807) is 12.1 Å². The van der Waals surface area contributed by atoms with Crippen molar-refractivity contribution in [3.8, 4) is 11.5 Å². The van der Waals surface area contributed by atoms with Gasteiger partial charge in [0.25, 0.3) is 5.56 Å². The molecule has 1 atom stereocenters. The Bertz CT molecular complexity index is 1320. The first-order valence-electron chi connectivity index (χ1n) is 11.9. The molecule has 1 aliphatic heterocycles. The van der Waals surface area contributed by atoms with E-state index in [-0.39, 0.29) is 29.8 Å². The lowest BCUT2D eigenvalue weighted by molar-refractivity contribution is -0.122. The second-order valence-corrected chi connectivity index (χ2v) is 8.85. The maximum Gasteiger partial charge on any atom is 0.261 e. The zero-order valence-electron chi connectivity index (χ0n) is 20.5. The number of anilines is 1. The van der Waals surface area contributed by atoms with Crippen LogP contribution >= 0.6 is 0 Å². The highest BCUT2D eigenvalue weighted by Crippen LogP contribution is 2.29. The highest BCUT2D eigenvalue weighted by Gasteiger charge is 2.28. The van der Waals surface area contributed by atoms with Crippen LogP contribution in [0.5, 0.6) is 11.5 Å². The fraction of sp³-hybridized carbons (Fsp3) is 0.385. The van der Waals surface area contributed by atoms with Gasteiger partial charge in [0.2, 0.25) is 11.8 Å². The highest BCUT2D eigenvalue weighted by atomic mass is 16.5. The Balaban J connectivity index is 1.34. The molecule has 1 aliphatic rings. The third kappa shape index (κ3) is 5.65. The molecule has 0 aliphatic carbocycles. The average molecular weight is 494 g/mol. The van der Waals surface area contributed by atoms with Crippen molar-refractivity contribution < 1.29 is 19.1 Å². The summed E-state index contributed by atoms with van der Waals surface area (Å²) in [6, 6.07) is 10.6. The Morgan fingerprint density at radius 2 is 1.94 bits per heavy atom. The molecule has 36 heavy (non-hydrogen) atoms. The molecule has 0 radical (unpaired) electrons. The summed E-state index contributed by atoms with van der Waals surface area (Å²) in [6.07, 6.45) is 3.93. The summed E-state index contributed by atoms with van der Waals surface area (Å²) in [4.78, 5) is 43.5. The summed E-state index contributed by atoms with van der Waals surface area (Å²) in [7, 11) is 3.04. The van der Waals surface area contributed by atoms with Crippen molar-refractivity contribution in [1.29, 1.82) is 0 Å². The number of primary amides is 1. The molecule has 3 aromatic rings. The van der Waals surface area contributed by atoms with E-state index in [4.69, 9.17) is 15.2 Å². The van der Waals surface area contributed by atoms with Crippen LogP contribution in [-0.2, 0) is 22.7 Å². The van der Waals surface area contributed by atoms with Gasteiger partial charge in [0.15, 0.2) is 11.5 Å². The van der Waals surface area contributed by atoms with Gasteiger partial charge in [-0.25, -0.2) is 4.98 Å². The number of fused-ring (bicyclic) bond motifs is 1. The number of rotatable bonds is 10. The van der Waals surface area contributed by atoms with Crippen LogP contribution in [-0.4, -0.2) is 53.1 Å². The van der Waals surface area contributed by atoms with E-state index >= 15 is 0 Å². The van der Waals surface area contributed by atoms with Crippen molar-refractivity contribution in [1.82, 2.24) is 14.5 Å². The van der Waals surface area contributed by atoms with Crippen molar-refractivity contribution in [2.45, 2.75) is 44.8 Å². The van der Waals surface area contributed by atoms with E-state index in [2.05, 4.69) is 15.2 Å². The summed E-state index contributed by atoms with van der Waals surface area (Å²) in [5, 5.41) is 3.34. The molecule has 0 bridgehead atoms. The first kappa shape index (κ1) is 25.2. The van der Waals surface area contributed by atoms with Gasteiger partial charge in [-0.1, -0.05) is 12.1 Å². The van der Waals surface area contributed by atoms with Crippen LogP contribution in [0.15, 0.2) is 47.5 Å². The number of hydrogen-bond acceptors (Lipinski definition) is 7. The number of aromatic nitrogens is 2. The number of methoxy groups -OCH3 is 2. The lowest BCUT2D eigenvalue weighted by atomic mass is 10.1. The summed E-state index contributed by atoms with van der Waals surface area (Å²) in [5.74, 6) is 0.523. The zero-order chi connectivity index (χ0) is 25.7. The molecule has 2 heterocycles. The van der Waals surface area contributed by atoms with Crippen LogP contribution in [0.25, 0.3) is 10.9 Å². The van der Waals surface area contributed by atoms with Crippen molar-refractivity contribution in [3.05, 3.63) is 58.6 Å².